The number of benzene rings is 1. The number of ether oxygens (including phenoxy) is 2. The summed E-state index contributed by atoms with van der Waals surface area (Å²) in [6.07, 6.45) is 3.81. The average Bonchev–Trinajstić information content (AvgIpc) is 2.75. The molecule has 0 unspecified atom stereocenters. The number of carbonyl (C=O) groups is 2. The summed E-state index contributed by atoms with van der Waals surface area (Å²) in [5, 5.41) is 11.3. The van der Waals surface area contributed by atoms with Crippen LogP contribution in [0, 0.1) is 15.5 Å². The van der Waals surface area contributed by atoms with Gasteiger partial charge in [0.2, 0.25) is 10.0 Å². The Kier molecular flexibility index (Phi) is 7.68. The number of methoxy groups -OCH3 is 2. The summed E-state index contributed by atoms with van der Waals surface area (Å²) >= 11 is 0. The highest BCUT2D eigenvalue weighted by molar-refractivity contribution is 7.89. The van der Waals surface area contributed by atoms with Crippen LogP contribution in [-0.2, 0) is 29.1 Å². The first-order chi connectivity index (χ1) is 14.2. The molecule has 1 aliphatic heterocycles. The molecule has 0 aliphatic carbocycles. The number of esters is 2. The molecule has 2 rings (SSSR count). The summed E-state index contributed by atoms with van der Waals surface area (Å²) in [7, 11) is -1.83. The van der Waals surface area contributed by atoms with E-state index < -0.39 is 42.9 Å². The third kappa shape index (κ3) is 4.68. The molecule has 10 nitrogen and oxygen atoms in total. The van der Waals surface area contributed by atoms with Crippen LogP contribution in [0.25, 0.3) is 0 Å². The van der Waals surface area contributed by atoms with Crippen molar-refractivity contribution in [2.45, 2.75) is 30.6 Å². The molecule has 0 amide bonds. The fourth-order valence-corrected chi connectivity index (χ4v) is 5.09. The van der Waals surface area contributed by atoms with E-state index in [-0.39, 0.29) is 32.4 Å². The van der Waals surface area contributed by atoms with E-state index in [9.17, 15) is 28.1 Å². The van der Waals surface area contributed by atoms with E-state index in [4.69, 9.17) is 9.47 Å². The van der Waals surface area contributed by atoms with Crippen molar-refractivity contribution in [2.24, 2.45) is 5.41 Å². The monoisotopic (exact) mass is 440 g/mol. The topological polar surface area (TPSA) is 133 Å². The molecule has 0 fully saturated rings. The Labute approximate surface area is 174 Å². The quantitative estimate of drug-likeness (QED) is 0.223. The molecule has 0 aromatic heterocycles. The van der Waals surface area contributed by atoms with Gasteiger partial charge in [0.1, 0.15) is 0 Å². The normalized spacial score (nSPS) is 18.7. The Bertz CT molecular complexity index is 926. The molecule has 0 saturated carbocycles. The fourth-order valence-electron chi connectivity index (χ4n) is 3.44. The second kappa shape index (κ2) is 9.81. The largest absolute Gasteiger partial charge is 0.468 e. The summed E-state index contributed by atoms with van der Waals surface area (Å²) in [6, 6.07) is 5.13. The Morgan fingerprint density at radius 2 is 1.73 bits per heavy atom. The maximum absolute atomic E-state index is 13.1. The van der Waals surface area contributed by atoms with E-state index >= 15 is 0 Å². The van der Waals surface area contributed by atoms with Crippen molar-refractivity contribution in [1.82, 2.24) is 4.31 Å². The van der Waals surface area contributed by atoms with E-state index in [2.05, 4.69) is 0 Å². The summed E-state index contributed by atoms with van der Waals surface area (Å²) in [5.74, 6) is -1.51. The lowest BCUT2D eigenvalue weighted by atomic mass is 9.79. The number of nitro groups is 1. The lowest BCUT2D eigenvalue weighted by molar-refractivity contribution is -0.387. The van der Waals surface area contributed by atoms with Gasteiger partial charge in [-0.1, -0.05) is 24.3 Å². The molecule has 0 atom stereocenters. The number of sulfonamides is 1. The van der Waals surface area contributed by atoms with Crippen LogP contribution in [-0.4, -0.2) is 56.9 Å². The lowest BCUT2D eigenvalue weighted by Crippen LogP contribution is -2.42. The highest BCUT2D eigenvalue weighted by Crippen LogP contribution is 2.34. The van der Waals surface area contributed by atoms with E-state index in [0.29, 0.717) is 6.42 Å². The molecule has 0 spiro atoms. The van der Waals surface area contributed by atoms with Crippen LogP contribution in [0.15, 0.2) is 41.3 Å². The van der Waals surface area contributed by atoms with Gasteiger partial charge in [-0.3, -0.25) is 19.7 Å². The molecule has 0 radical (unpaired) electrons. The van der Waals surface area contributed by atoms with Crippen molar-refractivity contribution < 1.29 is 32.4 Å². The van der Waals surface area contributed by atoms with E-state index in [0.717, 1.165) is 10.4 Å². The Balaban J connectivity index is 2.38. The highest BCUT2D eigenvalue weighted by Gasteiger charge is 2.47. The standard InChI is InChI=1S/C19H24N2O8S/c1-28-17(22)19(18(23)29-2)11-6-3-7-13-20(14-8-12-19)30(26,27)16-10-5-4-9-15(16)21(24)25/h3-6,9-10H,7-8,11-14H2,1-2H3/b6-3-. The van der Waals surface area contributed by atoms with Gasteiger partial charge in [-0.05, 0) is 31.7 Å². The van der Waals surface area contributed by atoms with Gasteiger partial charge < -0.3 is 9.47 Å². The molecule has 1 aromatic carbocycles. The summed E-state index contributed by atoms with van der Waals surface area (Å²) < 4.78 is 37.0. The van der Waals surface area contributed by atoms with Crippen LogP contribution in [0.5, 0.6) is 0 Å². The fraction of sp³-hybridized carbons (Fsp3) is 0.474. The van der Waals surface area contributed by atoms with Crippen molar-refractivity contribution in [3.8, 4) is 0 Å². The minimum absolute atomic E-state index is 0.000407. The number of nitro benzene ring substituents is 1. The predicted octanol–water partition coefficient (Wildman–Crippen LogP) is 2.05. The maximum Gasteiger partial charge on any atom is 0.323 e. The number of hydrogen-bond donors (Lipinski definition) is 0. The molecule has 1 heterocycles. The summed E-state index contributed by atoms with van der Waals surface area (Å²) in [6.45, 7) is 0.0757. The summed E-state index contributed by atoms with van der Waals surface area (Å²) in [5.41, 5.74) is -2.09. The number of rotatable bonds is 5. The minimum Gasteiger partial charge on any atom is -0.468 e. The number of para-hydroxylation sites is 1. The minimum atomic E-state index is -4.17. The molecule has 164 valence electrons. The zero-order valence-corrected chi connectivity index (χ0v) is 17.6. The Morgan fingerprint density at radius 3 is 2.33 bits per heavy atom. The van der Waals surface area contributed by atoms with Crippen molar-refractivity contribution in [3.63, 3.8) is 0 Å². The molecule has 0 N–H and O–H groups in total. The lowest BCUT2D eigenvalue weighted by Gasteiger charge is -2.29. The smallest absolute Gasteiger partial charge is 0.323 e. The first-order valence-corrected chi connectivity index (χ1v) is 10.7. The molecular formula is C19H24N2O8S. The van der Waals surface area contributed by atoms with Crippen molar-refractivity contribution in [1.29, 1.82) is 0 Å². The number of carbonyl (C=O) groups excluding carboxylic acids is 2. The molecule has 1 aromatic rings. The van der Waals surface area contributed by atoms with Crippen LogP contribution >= 0.6 is 0 Å². The Morgan fingerprint density at radius 1 is 1.10 bits per heavy atom. The zero-order chi connectivity index (χ0) is 22.4. The van der Waals surface area contributed by atoms with Gasteiger partial charge >= 0.3 is 11.9 Å². The van der Waals surface area contributed by atoms with Crippen molar-refractivity contribution >= 4 is 27.6 Å². The van der Waals surface area contributed by atoms with Crippen LogP contribution in [0.2, 0.25) is 0 Å². The second-order valence-corrected chi connectivity index (χ2v) is 8.67. The molecule has 0 saturated heterocycles. The third-order valence-electron chi connectivity index (χ3n) is 5.02. The van der Waals surface area contributed by atoms with E-state index in [1.54, 1.807) is 12.2 Å². The molecule has 11 heteroatoms. The van der Waals surface area contributed by atoms with Gasteiger partial charge in [-0.25, -0.2) is 8.42 Å². The van der Waals surface area contributed by atoms with Gasteiger partial charge in [0.15, 0.2) is 10.3 Å². The van der Waals surface area contributed by atoms with Crippen LogP contribution in [0.1, 0.15) is 25.7 Å². The zero-order valence-electron chi connectivity index (χ0n) is 16.8. The first kappa shape index (κ1) is 23.5. The predicted molar refractivity (Wildman–Crippen MR) is 106 cm³/mol. The molecule has 30 heavy (non-hydrogen) atoms. The second-order valence-electron chi connectivity index (χ2n) is 6.76. The van der Waals surface area contributed by atoms with Crippen molar-refractivity contribution in [2.75, 3.05) is 27.3 Å². The van der Waals surface area contributed by atoms with E-state index in [1.165, 1.54) is 32.4 Å². The van der Waals surface area contributed by atoms with E-state index in [1.807, 2.05) is 0 Å². The molecule has 1 aliphatic rings. The van der Waals surface area contributed by atoms with Crippen LogP contribution in [0.4, 0.5) is 5.69 Å². The molecule has 0 bridgehead atoms. The average molecular weight is 440 g/mol. The molecular weight excluding hydrogens is 416 g/mol. The van der Waals surface area contributed by atoms with Gasteiger partial charge in [-0.15, -0.1) is 0 Å². The highest BCUT2D eigenvalue weighted by atomic mass is 32.2. The number of hydrogen-bond acceptors (Lipinski definition) is 8. The third-order valence-corrected chi connectivity index (χ3v) is 6.97. The Hall–Kier alpha value is -2.79. The van der Waals surface area contributed by atoms with Gasteiger partial charge in [-0.2, -0.15) is 4.31 Å². The maximum atomic E-state index is 13.1. The van der Waals surface area contributed by atoms with Crippen molar-refractivity contribution in [3.05, 3.63) is 46.5 Å². The van der Waals surface area contributed by atoms with Gasteiger partial charge in [0, 0.05) is 19.2 Å². The first-order valence-electron chi connectivity index (χ1n) is 9.26. The van der Waals surface area contributed by atoms with Crippen LogP contribution in [0.3, 0.4) is 0 Å². The summed E-state index contributed by atoms with van der Waals surface area (Å²) in [4.78, 5) is 35.0. The number of allylic oxidation sites excluding steroid dienone is 1. The van der Waals surface area contributed by atoms with Gasteiger partial charge in [0.05, 0.1) is 19.1 Å². The number of nitrogens with zero attached hydrogens (tertiary/aromatic N) is 2. The van der Waals surface area contributed by atoms with Crippen LogP contribution < -0.4 is 0 Å². The van der Waals surface area contributed by atoms with Gasteiger partial charge in [0.25, 0.3) is 5.69 Å². The SMILES string of the molecule is COC(=O)C1(C(=O)OC)C/C=C\CCN(S(=O)(=O)c2ccccc2[N+](=O)[O-])CCC1.